The molecule has 7 N–H and O–H groups in total. The number of aryl methyl sites for hydroxylation is 2. The normalized spacial score (nSPS) is 12.2. The van der Waals surface area contributed by atoms with Gasteiger partial charge in [0.15, 0.2) is 0 Å². The monoisotopic (exact) mass is 836 g/mol. The minimum atomic E-state index is -4.05. The fourth-order valence-electron chi connectivity index (χ4n) is 5.29. The molecule has 0 spiro atoms. The second-order valence-corrected chi connectivity index (χ2v) is 14.6. The van der Waals surface area contributed by atoms with Crippen LogP contribution in [0.1, 0.15) is 62.6 Å². The van der Waals surface area contributed by atoms with Gasteiger partial charge in [0, 0.05) is 50.7 Å². The molecule has 0 saturated heterocycles. The Morgan fingerprint density at radius 2 is 1.28 bits per heavy atom. The Balaban J connectivity index is 2.38. The van der Waals surface area contributed by atoms with Crippen molar-refractivity contribution in [1.29, 1.82) is 0 Å². The van der Waals surface area contributed by atoms with Crippen LogP contribution < -0.4 is 36.8 Å². The van der Waals surface area contributed by atoms with E-state index in [-0.39, 0.29) is 64.9 Å². The van der Waals surface area contributed by atoms with E-state index >= 15 is 0 Å². The molecule has 1 atom stereocenters. The Hall–Kier alpha value is -4.24. The number of alkyl carbamates (subject to hydrolysis) is 3. The molecule has 0 aliphatic carbocycles. The molecule has 0 heterocycles. The third-order valence-electron chi connectivity index (χ3n) is 7.86. The van der Waals surface area contributed by atoms with Crippen LogP contribution in [-0.2, 0) is 47.6 Å². The Morgan fingerprint density at radius 1 is 0.719 bits per heavy atom. The minimum absolute atomic E-state index is 0.114. The Morgan fingerprint density at radius 3 is 1.84 bits per heavy atom. The maximum absolute atomic E-state index is 12.9. The molecule has 1 rings (SSSR count). The SMILES string of the molecule is COC(=O)NCC(CNC(=O)OC)OC(=O)NCCOCCOCCNC(=O)Oc1cc(C)cc(C)c1C(C)(C)CC(=O)NCCCCCCNOP(=O)(O)OC. The molecule has 0 aliphatic heterocycles. The Bertz CT molecular complexity index is 1430. The molecule has 1 unspecified atom stereocenters. The Labute approximate surface area is 333 Å². The number of unbranched alkanes of at least 4 members (excludes halogenated alkanes) is 3. The van der Waals surface area contributed by atoms with E-state index in [1.165, 1.54) is 14.2 Å². The van der Waals surface area contributed by atoms with E-state index in [2.05, 4.69) is 50.7 Å². The molecule has 0 aliphatic rings. The average Bonchev–Trinajstić information content (AvgIpc) is 3.14. The number of carbonyl (C=O) groups is 5. The number of ether oxygens (including phenoxy) is 6. The van der Waals surface area contributed by atoms with Crippen LogP contribution in [0, 0.1) is 13.8 Å². The zero-order chi connectivity index (χ0) is 42.7. The van der Waals surface area contributed by atoms with Crippen molar-refractivity contribution in [3.63, 3.8) is 0 Å². The third kappa shape index (κ3) is 23.6. The zero-order valence-corrected chi connectivity index (χ0v) is 34.8. The molecule has 5 amide bonds. The molecule has 57 heavy (non-hydrogen) atoms. The number of nitrogens with one attached hydrogen (secondary N) is 6. The minimum Gasteiger partial charge on any atom is -0.453 e. The van der Waals surface area contributed by atoms with Gasteiger partial charge in [0.05, 0.1) is 53.7 Å². The summed E-state index contributed by atoms with van der Waals surface area (Å²) in [4.78, 5) is 69.6. The number of carbonyl (C=O) groups excluding carboxylic acids is 5. The van der Waals surface area contributed by atoms with Crippen molar-refractivity contribution in [2.45, 2.75) is 71.3 Å². The van der Waals surface area contributed by atoms with Crippen LogP contribution in [0.15, 0.2) is 12.1 Å². The maximum Gasteiger partial charge on any atom is 0.488 e. The third-order valence-corrected chi connectivity index (χ3v) is 8.68. The smallest absolute Gasteiger partial charge is 0.453 e. The van der Waals surface area contributed by atoms with E-state index in [0.29, 0.717) is 25.3 Å². The van der Waals surface area contributed by atoms with Gasteiger partial charge in [0.2, 0.25) is 5.91 Å². The van der Waals surface area contributed by atoms with E-state index in [1.54, 1.807) is 6.07 Å². The van der Waals surface area contributed by atoms with Crippen LogP contribution in [-0.4, -0.2) is 128 Å². The van der Waals surface area contributed by atoms with E-state index in [0.717, 1.165) is 43.1 Å². The van der Waals surface area contributed by atoms with Gasteiger partial charge in [-0.1, -0.05) is 32.8 Å². The van der Waals surface area contributed by atoms with Gasteiger partial charge in [-0.15, -0.1) is 0 Å². The molecule has 0 saturated carbocycles. The quantitative estimate of drug-likeness (QED) is 0.0277. The molecule has 1 aromatic carbocycles. The predicted octanol–water partition coefficient (Wildman–Crippen LogP) is 2.84. The fraction of sp³-hybridized carbons (Fsp3) is 0.686. The number of amides is 5. The summed E-state index contributed by atoms with van der Waals surface area (Å²) in [6.45, 7) is 9.34. The first-order valence-electron chi connectivity index (χ1n) is 18.4. The van der Waals surface area contributed by atoms with E-state index in [9.17, 15) is 33.4 Å². The summed E-state index contributed by atoms with van der Waals surface area (Å²) in [6, 6.07) is 3.74. The van der Waals surface area contributed by atoms with Crippen LogP contribution >= 0.6 is 7.82 Å². The van der Waals surface area contributed by atoms with E-state index < -0.39 is 43.7 Å². The van der Waals surface area contributed by atoms with Crippen molar-refractivity contribution < 1.29 is 71.0 Å². The van der Waals surface area contributed by atoms with Gasteiger partial charge < -0.3 is 59.9 Å². The number of phosphoric acid groups is 1. The molecule has 0 fully saturated rings. The lowest BCUT2D eigenvalue weighted by molar-refractivity contribution is -0.122. The molecular formula is C35H61N6O15P. The molecule has 0 radical (unpaired) electrons. The summed E-state index contributed by atoms with van der Waals surface area (Å²) in [6.07, 6.45) is -0.518. The lowest BCUT2D eigenvalue weighted by atomic mass is 9.78. The van der Waals surface area contributed by atoms with Gasteiger partial charge in [-0.25, -0.2) is 23.7 Å². The Kier molecular flexibility index (Phi) is 25.1. The first-order valence-corrected chi connectivity index (χ1v) is 19.9. The molecular weight excluding hydrogens is 775 g/mol. The fourth-order valence-corrected chi connectivity index (χ4v) is 5.62. The zero-order valence-electron chi connectivity index (χ0n) is 33.9. The van der Waals surface area contributed by atoms with Crippen molar-refractivity contribution >= 4 is 38.1 Å². The highest BCUT2D eigenvalue weighted by Gasteiger charge is 2.30. The van der Waals surface area contributed by atoms with Crippen LogP contribution in [0.25, 0.3) is 0 Å². The summed E-state index contributed by atoms with van der Waals surface area (Å²) in [5.74, 6) is 0.229. The second-order valence-electron chi connectivity index (χ2n) is 13.2. The number of benzene rings is 1. The summed E-state index contributed by atoms with van der Waals surface area (Å²) < 4.78 is 50.9. The second kappa shape index (κ2) is 28.2. The van der Waals surface area contributed by atoms with Crippen LogP contribution in [0.4, 0.5) is 19.2 Å². The summed E-state index contributed by atoms with van der Waals surface area (Å²) in [7, 11) is -0.607. The molecule has 1 aromatic rings. The number of hydrogen-bond acceptors (Lipinski definition) is 15. The van der Waals surface area contributed by atoms with Crippen molar-refractivity contribution in [1.82, 2.24) is 32.1 Å². The van der Waals surface area contributed by atoms with Crippen molar-refractivity contribution in [3.8, 4) is 5.75 Å². The predicted molar refractivity (Wildman–Crippen MR) is 206 cm³/mol. The van der Waals surface area contributed by atoms with Crippen molar-refractivity contribution in [2.24, 2.45) is 0 Å². The van der Waals surface area contributed by atoms with Crippen LogP contribution in [0.2, 0.25) is 0 Å². The van der Waals surface area contributed by atoms with Crippen LogP contribution in [0.3, 0.4) is 0 Å². The van der Waals surface area contributed by atoms with Gasteiger partial charge >= 0.3 is 32.2 Å². The van der Waals surface area contributed by atoms with Crippen LogP contribution in [0.5, 0.6) is 5.75 Å². The number of phosphoric ester groups is 1. The largest absolute Gasteiger partial charge is 0.488 e. The number of rotatable bonds is 28. The first kappa shape index (κ1) is 50.8. The topological polar surface area (TPSA) is 269 Å². The molecule has 21 nitrogen and oxygen atoms in total. The van der Waals surface area contributed by atoms with Gasteiger partial charge in [-0.3, -0.25) is 9.32 Å². The molecule has 0 bridgehead atoms. The summed E-state index contributed by atoms with van der Waals surface area (Å²) >= 11 is 0. The first-order chi connectivity index (χ1) is 27.0. The number of hydrogen-bond donors (Lipinski definition) is 7. The standard InChI is InChI=1S/C35H61N6O15P/c1-25-20-26(2)30(35(3,4)22-29(42)36-12-10-8-9-11-13-41-56-57(47,48)51-7)28(21-25)55-34(46)38-15-17-53-19-18-52-16-14-37-33(45)54-27(23-39-31(43)49-5)24-40-32(44)50-6/h20-21,27,41H,8-19,22-24H2,1-7H3,(H,36,42)(H,37,45)(H,38,46)(H,39,43)(H,40,44)(H,47,48). The molecule has 22 heteroatoms. The number of hydroxylamine groups is 1. The van der Waals surface area contributed by atoms with Gasteiger partial charge in [-0.2, -0.15) is 10.1 Å². The molecule has 326 valence electrons. The lowest BCUT2D eigenvalue weighted by Gasteiger charge is -2.29. The molecule has 0 aromatic heterocycles. The lowest BCUT2D eigenvalue weighted by Crippen LogP contribution is -2.44. The van der Waals surface area contributed by atoms with Gasteiger partial charge in [0.25, 0.3) is 0 Å². The highest BCUT2D eigenvalue weighted by molar-refractivity contribution is 7.47. The van der Waals surface area contributed by atoms with E-state index in [4.69, 9.17) is 18.9 Å². The summed E-state index contributed by atoms with van der Waals surface area (Å²) in [5.41, 5.74) is 4.27. The van der Waals surface area contributed by atoms with Crippen molar-refractivity contribution in [3.05, 3.63) is 28.8 Å². The summed E-state index contributed by atoms with van der Waals surface area (Å²) in [5, 5.41) is 12.9. The van der Waals surface area contributed by atoms with Crippen molar-refractivity contribution in [2.75, 3.05) is 87.0 Å². The van der Waals surface area contributed by atoms with Gasteiger partial charge in [0.1, 0.15) is 11.9 Å². The average molecular weight is 837 g/mol. The number of methoxy groups -OCH3 is 2. The highest BCUT2D eigenvalue weighted by atomic mass is 31.2. The van der Waals surface area contributed by atoms with E-state index in [1.807, 2.05) is 33.8 Å². The highest BCUT2D eigenvalue weighted by Crippen LogP contribution is 2.40. The maximum atomic E-state index is 12.9. The van der Waals surface area contributed by atoms with Gasteiger partial charge in [-0.05, 0) is 43.9 Å².